The molecule has 2 unspecified atom stereocenters. The highest BCUT2D eigenvalue weighted by Gasteiger charge is 2.41. The van der Waals surface area contributed by atoms with Crippen LogP contribution in [0.1, 0.15) is 34.6 Å². The van der Waals surface area contributed by atoms with Gasteiger partial charge in [-0.25, -0.2) is 4.98 Å². The Morgan fingerprint density at radius 1 is 1.03 bits per heavy atom. The van der Waals surface area contributed by atoms with Crippen LogP contribution in [0.4, 0.5) is 0 Å². The quantitative estimate of drug-likeness (QED) is 0.682. The first-order chi connectivity index (χ1) is 15.0. The van der Waals surface area contributed by atoms with Crippen molar-refractivity contribution in [2.24, 2.45) is 5.73 Å². The number of hydrogen-bond acceptors (Lipinski definition) is 3. The number of imidazole rings is 1. The third-order valence-corrected chi connectivity index (χ3v) is 6.59. The smallest absolute Gasteiger partial charge is 0.269 e. The fourth-order valence-electron chi connectivity index (χ4n) is 4.95. The number of carbonyl (C=O) groups excluding carboxylic acids is 2. The highest BCUT2D eigenvalue weighted by atomic mass is 35.5. The minimum absolute atomic E-state index is 0.0458. The van der Waals surface area contributed by atoms with Crippen LogP contribution in [-0.4, -0.2) is 38.3 Å². The first-order valence-corrected chi connectivity index (χ1v) is 10.9. The maximum absolute atomic E-state index is 13.3. The number of nitrogens with zero attached hydrogens (tertiary/aromatic N) is 3. The van der Waals surface area contributed by atoms with Crippen molar-refractivity contribution in [3.63, 3.8) is 0 Å². The van der Waals surface area contributed by atoms with E-state index < -0.39 is 5.91 Å². The highest BCUT2D eigenvalue weighted by molar-refractivity contribution is 6.30. The first kappa shape index (κ1) is 19.8. The molecule has 0 spiro atoms. The molecule has 5 rings (SSSR count). The molecule has 2 aromatic carbocycles. The van der Waals surface area contributed by atoms with Gasteiger partial charge in [0.25, 0.3) is 5.91 Å². The fourth-order valence-corrected chi connectivity index (χ4v) is 5.07. The van der Waals surface area contributed by atoms with E-state index in [-0.39, 0.29) is 18.0 Å². The van der Waals surface area contributed by atoms with E-state index >= 15 is 0 Å². The van der Waals surface area contributed by atoms with Crippen molar-refractivity contribution in [3.8, 4) is 11.4 Å². The Labute approximate surface area is 185 Å². The van der Waals surface area contributed by atoms with Gasteiger partial charge in [-0.2, -0.15) is 0 Å². The van der Waals surface area contributed by atoms with Gasteiger partial charge in [0.2, 0.25) is 5.91 Å². The summed E-state index contributed by atoms with van der Waals surface area (Å²) in [4.78, 5) is 32.1. The van der Waals surface area contributed by atoms with Crippen molar-refractivity contribution in [2.75, 3.05) is 0 Å². The van der Waals surface area contributed by atoms with Crippen LogP contribution in [0.2, 0.25) is 5.02 Å². The lowest BCUT2D eigenvalue weighted by Crippen LogP contribution is -2.43. The lowest BCUT2D eigenvalue weighted by molar-refractivity contribution is -0.133. The van der Waals surface area contributed by atoms with Crippen molar-refractivity contribution < 1.29 is 9.59 Å². The van der Waals surface area contributed by atoms with Crippen LogP contribution in [0.25, 0.3) is 11.4 Å². The monoisotopic (exact) mass is 434 g/mol. The summed E-state index contributed by atoms with van der Waals surface area (Å²) < 4.78 is 2.10. The van der Waals surface area contributed by atoms with Crippen LogP contribution in [-0.2, 0) is 24.2 Å². The molecule has 1 saturated heterocycles. The molecule has 31 heavy (non-hydrogen) atoms. The molecular weight excluding hydrogens is 412 g/mol. The van der Waals surface area contributed by atoms with Gasteiger partial charge in [0.15, 0.2) is 0 Å². The average molecular weight is 435 g/mol. The van der Waals surface area contributed by atoms with Gasteiger partial charge in [0, 0.05) is 29.6 Å². The number of aromatic nitrogens is 2. The zero-order valence-electron chi connectivity index (χ0n) is 17.0. The van der Waals surface area contributed by atoms with Gasteiger partial charge < -0.3 is 15.2 Å². The van der Waals surface area contributed by atoms with Crippen LogP contribution >= 0.6 is 11.6 Å². The molecule has 1 aromatic heterocycles. The summed E-state index contributed by atoms with van der Waals surface area (Å²) in [5, 5.41) is 0.658. The van der Waals surface area contributed by atoms with E-state index in [2.05, 4.69) is 9.55 Å². The maximum Gasteiger partial charge on any atom is 0.269 e. The Balaban J connectivity index is 1.49. The molecule has 0 saturated carbocycles. The third-order valence-electron chi connectivity index (χ3n) is 6.34. The summed E-state index contributed by atoms with van der Waals surface area (Å²) in [6.07, 6.45) is 2.78. The normalized spacial score (nSPS) is 19.7. The van der Waals surface area contributed by atoms with Crippen molar-refractivity contribution in [2.45, 2.75) is 44.3 Å². The van der Waals surface area contributed by atoms with Gasteiger partial charge in [0.1, 0.15) is 11.5 Å². The SMILES string of the molecule is NC(=O)c1nc(-c2ccccc2)n2c1CC1CCC(C2)N1C(=O)Cc1ccc(Cl)cc1. The van der Waals surface area contributed by atoms with Gasteiger partial charge in [-0.05, 0) is 30.5 Å². The van der Waals surface area contributed by atoms with E-state index in [1.54, 1.807) is 0 Å². The second kappa shape index (κ2) is 7.85. The van der Waals surface area contributed by atoms with Crippen molar-refractivity contribution in [3.05, 3.63) is 76.6 Å². The average Bonchev–Trinajstić information content (AvgIpc) is 3.26. The predicted molar refractivity (Wildman–Crippen MR) is 119 cm³/mol. The topological polar surface area (TPSA) is 81.2 Å². The minimum Gasteiger partial charge on any atom is -0.364 e. The molecule has 2 atom stereocenters. The number of fused-ring (bicyclic) bond motifs is 3. The summed E-state index contributed by atoms with van der Waals surface area (Å²) in [6.45, 7) is 0.614. The van der Waals surface area contributed by atoms with Crippen molar-refractivity contribution in [1.29, 1.82) is 0 Å². The third kappa shape index (κ3) is 3.61. The molecule has 0 aliphatic carbocycles. The maximum atomic E-state index is 13.3. The van der Waals surface area contributed by atoms with Crippen LogP contribution in [0, 0.1) is 0 Å². The number of nitrogens with two attached hydrogens (primary N) is 1. The van der Waals surface area contributed by atoms with Crippen LogP contribution in [0.5, 0.6) is 0 Å². The molecule has 2 aliphatic heterocycles. The molecule has 2 N–H and O–H groups in total. The molecule has 3 heterocycles. The van der Waals surface area contributed by atoms with E-state index in [4.69, 9.17) is 17.3 Å². The summed E-state index contributed by atoms with van der Waals surface area (Å²) >= 11 is 5.98. The number of benzene rings is 2. The molecule has 2 bridgehead atoms. The number of halogens is 1. The number of carbonyl (C=O) groups is 2. The minimum atomic E-state index is -0.525. The zero-order chi connectivity index (χ0) is 21.5. The zero-order valence-corrected chi connectivity index (χ0v) is 17.8. The Hall–Kier alpha value is -3.12. The van der Waals surface area contributed by atoms with Crippen LogP contribution in [0.3, 0.4) is 0 Å². The van der Waals surface area contributed by atoms with E-state index in [1.807, 2.05) is 59.5 Å². The second-order valence-corrected chi connectivity index (χ2v) is 8.70. The Morgan fingerprint density at radius 2 is 1.74 bits per heavy atom. The molecule has 7 heteroatoms. The highest BCUT2D eigenvalue weighted by Crippen LogP contribution is 2.36. The number of primary amides is 1. The van der Waals surface area contributed by atoms with E-state index in [1.165, 1.54) is 0 Å². The summed E-state index contributed by atoms with van der Waals surface area (Å²) in [6, 6.07) is 17.3. The molecular formula is C24H23ClN4O2. The number of amides is 2. The molecule has 0 radical (unpaired) electrons. The molecule has 3 aromatic rings. The lowest BCUT2D eigenvalue weighted by Gasteiger charge is -2.28. The van der Waals surface area contributed by atoms with E-state index in [0.29, 0.717) is 30.1 Å². The largest absolute Gasteiger partial charge is 0.364 e. The van der Waals surface area contributed by atoms with E-state index in [0.717, 1.165) is 35.5 Å². The van der Waals surface area contributed by atoms with Crippen molar-refractivity contribution >= 4 is 23.4 Å². The second-order valence-electron chi connectivity index (χ2n) is 8.26. The lowest BCUT2D eigenvalue weighted by atomic mass is 10.0. The molecule has 6 nitrogen and oxygen atoms in total. The summed E-state index contributed by atoms with van der Waals surface area (Å²) in [5.74, 6) is 0.320. The summed E-state index contributed by atoms with van der Waals surface area (Å²) in [5.41, 5.74) is 8.72. The standard InChI is InChI=1S/C24H23ClN4O2/c25-17-8-6-15(7-9-17)12-21(30)29-18-10-11-19(29)14-28-20(13-18)22(23(26)31)27-24(28)16-4-2-1-3-5-16/h1-9,18-19H,10-14H2,(H2,26,31). The van der Waals surface area contributed by atoms with Gasteiger partial charge in [-0.3, -0.25) is 9.59 Å². The van der Waals surface area contributed by atoms with Crippen LogP contribution in [0.15, 0.2) is 54.6 Å². The van der Waals surface area contributed by atoms with Gasteiger partial charge in [-0.15, -0.1) is 0 Å². The first-order valence-electron chi connectivity index (χ1n) is 10.5. The fraction of sp³-hybridized carbons (Fsp3) is 0.292. The Kier molecular flexibility index (Phi) is 5.02. The molecule has 2 amide bonds. The molecule has 158 valence electrons. The molecule has 2 aliphatic rings. The van der Waals surface area contributed by atoms with Gasteiger partial charge in [0.05, 0.1) is 18.2 Å². The molecule has 1 fully saturated rings. The summed E-state index contributed by atoms with van der Waals surface area (Å²) in [7, 11) is 0. The van der Waals surface area contributed by atoms with Gasteiger partial charge >= 0.3 is 0 Å². The van der Waals surface area contributed by atoms with Crippen LogP contribution < -0.4 is 5.73 Å². The number of rotatable bonds is 4. The van der Waals surface area contributed by atoms with Gasteiger partial charge in [-0.1, -0.05) is 54.1 Å². The Bertz CT molecular complexity index is 1140. The number of hydrogen-bond donors (Lipinski definition) is 1. The van der Waals surface area contributed by atoms with E-state index in [9.17, 15) is 9.59 Å². The predicted octanol–water partition coefficient (Wildman–Crippen LogP) is 3.46. The Morgan fingerprint density at radius 3 is 2.45 bits per heavy atom. The van der Waals surface area contributed by atoms with Crippen molar-refractivity contribution in [1.82, 2.24) is 14.5 Å².